The minimum absolute atomic E-state index is 0.0167. The van der Waals surface area contributed by atoms with E-state index >= 15 is 0 Å². The molecule has 0 saturated heterocycles. The Morgan fingerprint density at radius 2 is 2.03 bits per heavy atom. The summed E-state index contributed by atoms with van der Waals surface area (Å²) < 4.78 is 7.47. The molecule has 0 aliphatic carbocycles. The van der Waals surface area contributed by atoms with Crippen LogP contribution in [0, 0.1) is 0 Å². The van der Waals surface area contributed by atoms with Gasteiger partial charge in [0.1, 0.15) is 11.6 Å². The van der Waals surface area contributed by atoms with E-state index in [0.717, 1.165) is 43.6 Å². The van der Waals surface area contributed by atoms with Crippen molar-refractivity contribution < 1.29 is 9.53 Å². The maximum absolute atomic E-state index is 13.2. The molecule has 158 valence electrons. The highest BCUT2D eigenvalue weighted by atomic mass is 35.5. The van der Waals surface area contributed by atoms with Crippen molar-refractivity contribution in [1.29, 1.82) is 0 Å². The van der Waals surface area contributed by atoms with Gasteiger partial charge in [0.2, 0.25) is 0 Å². The molecular formula is C22H31ClN4O2. The second kappa shape index (κ2) is 9.08. The van der Waals surface area contributed by atoms with Gasteiger partial charge < -0.3 is 19.1 Å². The van der Waals surface area contributed by atoms with Crippen LogP contribution in [0.25, 0.3) is 0 Å². The second-order valence-electron chi connectivity index (χ2n) is 7.52. The molecule has 1 aliphatic heterocycles. The van der Waals surface area contributed by atoms with Gasteiger partial charge in [-0.3, -0.25) is 4.79 Å². The summed E-state index contributed by atoms with van der Waals surface area (Å²) in [5.41, 5.74) is 1.49. The average molecular weight is 419 g/mol. The van der Waals surface area contributed by atoms with Crippen molar-refractivity contribution in [3.63, 3.8) is 0 Å². The van der Waals surface area contributed by atoms with E-state index in [1.165, 1.54) is 0 Å². The molecule has 0 fully saturated rings. The smallest absolute Gasteiger partial charge is 0.275 e. The lowest BCUT2D eigenvalue weighted by Crippen LogP contribution is -2.43. The number of aryl methyl sites for hydroxylation is 1. The Hall–Kier alpha value is -2.21. The van der Waals surface area contributed by atoms with Gasteiger partial charge in [0.15, 0.2) is 11.5 Å². The highest BCUT2D eigenvalue weighted by Crippen LogP contribution is 2.40. The van der Waals surface area contributed by atoms with Crippen LogP contribution in [0.15, 0.2) is 18.2 Å². The van der Waals surface area contributed by atoms with E-state index in [1.54, 1.807) is 18.1 Å². The van der Waals surface area contributed by atoms with Gasteiger partial charge in [0.25, 0.3) is 5.91 Å². The number of imidazole rings is 1. The highest BCUT2D eigenvalue weighted by Gasteiger charge is 2.36. The van der Waals surface area contributed by atoms with Crippen LogP contribution in [0.1, 0.15) is 68.8 Å². The fourth-order valence-corrected chi connectivity index (χ4v) is 4.27. The number of ether oxygens (including phenoxy) is 1. The number of halogens is 1. The minimum Gasteiger partial charge on any atom is -0.497 e. The molecule has 29 heavy (non-hydrogen) atoms. The predicted octanol–water partition coefficient (Wildman–Crippen LogP) is 5.43. The van der Waals surface area contributed by atoms with Gasteiger partial charge in [0, 0.05) is 25.6 Å². The average Bonchev–Trinajstić information content (AvgIpc) is 3.11. The Morgan fingerprint density at radius 3 is 2.62 bits per heavy atom. The van der Waals surface area contributed by atoms with E-state index < -0.39 is 0 Å². The molecule has 6 nitrogen and oxygen atoms in total. The number of nitrogens with zero attached hydrogens (tertiary/aromatic N) is 4. The normalized spacial score (nSPS) is 14.9. The first-order valence-electron chi connectivity index (χ1n) is 10.4. The number of anilines is 2. The van der Waals surface area contributed by atoms with Crippen LogP contribution in [0.5, 0.6) is 5.75 Å². The van der Waals surface area contributed by atoms with Crippen molar-refractivity contribution in [2.75, 3.05) is 25.7 Å². The Balaban J connectivity index is 2.15. The molecule has 1 aromatic heterocycles. The number of fused-ring (bicyclic) bond motifs is 1. The van der Waals surface area contributed by atoms with Crippen molar-refractivity contribution in [2.24, 2.45) is 0 Å². The molecule has 1 atom stereocenters. The van der Waals surface area contributed by atoms with Gasteiger partial charge in [-0.05, 0) is 25.0 Å². The first-order valence-corrected chi connectivity index (χ1v) is 10.8. The molecule has 1 unspecified atom stereocenters. The van der Waals surface area contributed by atoms with E-state index in [1.807, 2.05) is 24.1 Å². The summed E-state index contributed by atoms with van der Waals surface area (Å²) in [5.74, 6) is 2.37. The number of rotatable bonds is 8. The van der Waals surface area contributed by atoms with Gasteiger partial charge in [-0.1, -0.05) is 45.2 Å². The zero-order chi connectivity index (χ0) is 21.1. The minimum atomic E-state index is 0.0167. The summed E-state index contributed by atoms with van der Waals surface area (Å²) in [5, 5.41) is 0.573. The number of unbranched alkanes of at least 4 members (excludes halogenated alkanes) is 1. The van der Waals surface area contributed by atoms with Crippen LogP contribution >= 0.6 is 11.6 Å². The molecule has 0 bridgehead atoms. The monoisotopic (exact) mass is 418 g/mol. The topological polar surface area (TPSA) is 50.6 Å². The van der Waals surface area contributed by atoms with Crippen LogP contribution < -0.4 is 9.64 Å². The molecule has 2 aromatic rings. The SMILES string of the molecule is CCCCC(CC)n1c(CC)nc2c1C(=O)N(C)CN2c1ccc(OC)cc1Cl. The fraction of sp³-hybridized carbons (Fsp3) is 0.545. The molecule has 7 heteroatoms. The number of hydrogen-bond acceptors (Lipinski definition) is 4. The van der Waals surface area contributed by atoms with Gasteiger partial charge in [0.05, 0.1) is 24.5 Å². The summed E-state index contributed by atoms with van der Waals surface area (Å²) in [4.78, 5) is 21.9. The van der Waals surface area contributed by atoms with Crippen LogP contribution in [0.2, 0.25) is 5.02 Å². The van der Waals surface area contributed by atoms with Crippen molar-refractivity contribution in [3.8, 4) is 5.75 Å². The molecule has 0 radical (unpaired) electrons. The van der Waals surface area contributed by atoms with Crippen molar-refractivity contribution in [2.45, 2.75) is 58.9 Å². The number of carbonyl (C=O) groups excluding carboxylic acids is 1. The maximum atomic E-state index is 13.2. The van der Waals surface area contributed by atoms with Gasteiger partial charge in [-0.15, -0.1) is 0 Å². The maximum Gasteiger partial charge on any atom is 0.275 e. The van der Waals surface area contributed by atoms with E-state index in [2.05, 4.69) is 25.3 Å². The quantitative estimate of drug-likeness (QED) is 0.573. The first kappa shape index (κ1) is 21.5. The lowest BCUT2D eigenvalue weighted by molar-refractivity contribution is 0.0772. The Bertz CT molecular complexity index is 880. The van der Waals surface area contributed by atoms with Gasteiger partial charge in [-0.2, -0.15) is 0 Å². The van der Waals surface area contributed by atoms with Crippen LogP contribution in [-0.4, -0.2) is 41.2 Å². The molecule has 0 spiro atoms. The largest absolute Gasteiger partial charge is 0.497 e. The third-order valence-corrected chi connectivity index (χ3v) is 5.92. The number of methoxy groups -OCH3 is 1. The third kappa shape index (κ3) is 3.95. The lowest BCUT2D eigenvalue weighted by atomic mass is 10.1. The Morgan fingerprint density at radius 1 is 1.28 bits per heavy atom. The van der Waals surface area contributed by atoms with Gasteiger partial charge in [-0.25, -0.2) is 4.98 Å². The molecule has 0 saturated carbocycles. The summed E-state index contributed by atoms with van der Waals surface area (Å²) in [6, 6.07) is 5.87. The van der Waals surface area contributed by atoms with E-state index in [-0.39, 0.29) is 11.9 Å². The van der Waals surface area contributed by atoms with Crippen molar-refractivity contribution in [3.05, 3.63) is 34.7 Å². The van der Waals surface area contributed by atoms with E-state index in [0.29, 0.717) is 29.0 Å². The fourth-order valence-electron chi connectivity index (χ4n) is 4.00. The number of carbonyl (C=O) groups is 1. The predicted molar refractivity (Wildman–Crippen MR) is 118 cm³/mol. The van der Waals surface area contributed by atoms with Gasteiger partial charge >= 0.3 is 0 Å². The van der Waals surface area contributed by atoms with Crippen LogP contribution in [-0.2, 0) is 6.42 Å². The summed E-state index contributed by atoms with van der Waals surface area (Å²) in [6.45, 7) is 6.88. The zero-order valence-corrected chi connectivity index (χ0v) is 18.8. The summed E-state index contributed by atoms with van der Waals surface area (Å²) in [7, 11) is 3.44. The second-order valence-corrected chi connectivity index (χ2v) is 7.93. The standard InChI is InChI=1S/C22H31ClN4O2/c1-6-9-10-15(7-2)27-19(8-3)24-21-20(27)22(28)25(4)14-26(21)18-12-11-16(29-5)13-17(18)23/h11-13,15H,6-10,14H2,1-5H3. The first-order chi connectivity index (χ1) is 14.0. The molecule has 1 amide bonds. The Kier molecular flexibility index (Phi) is 6.73. The number of amides is 1. The van der Waals surface area contributed by atoms with Crippen molar-refractivity contribution >= 4 is 29.0 Å². The molecule has 1 aliphatic rings. The van der Waals surface area contributed by atoms with E-state index in [4.69, 9.17) is 21.3 Å². The summed E-state index contributed by atoms with van der Waals surface area (Å²) in [6.07, 6.45) is 5.05. The zero-order valence-electron chi connectivity index (χ0n) is 18.0. The number of aromatic nitrogens is 2. The van der Waals surface area contributed by atoms with Crippen molar-refractivity contribution in [1.82, 2.24) is 14.5 Å². The molecular weight excluding hydrogens is 388 g/mol. The highest BCUT2D eigenvalue weighted by molar-refractivity contribution is 6.33. The lowest BCUT2D eigenvalue weighted by Gasteiger charge is -2.35. The molecule has 2 heterocycles. The number of benzene rings is 1. The number of hydrogen-bond donors (Lipinski definition) is 0. The van der Waals surface area contributed by atoms with Crippen LogP contribution in [0.3, 0.4) is 0 Å². The van der Waals surface area contributed by atoms with Crippen LogP contribution in [0.4, 0.5) is 11.5 Å². The van der Waals surface area contributed by atoms with E-state index in [9.17, 15) is 4.79 Å². The molecule has 3 rings (SSSR count). The molecule has 0 N–H and O–H groups in total. The Labute approximate surface area is 178 Å². The molecule has 1 aromatic carbocycles. The summed E-state index contributed by atoms with van der Waals surface area (Å²) >= 11 is 6.57. The third-order valence-electron chi connectivity index (χ3n) is 5.61.